The molecule has 0 saturated carbocycles. The Labute approximate surface area is 90.0 Å². The number of benzene rings is 1. The number of anilines is 1. The minimum Gasteiger partial charge on any atom is -0.398 e. The molecule has 0 saturated heterocycles. The molecule has 2 nitrogen and oxygen atoms in total. The van der Waals surface area contributed by atoms with E-state index >= 15 is 0 Å². The van der Waals surface area contributed by atoms with E-state index in [1.165, 1.54) is 0 Å². The molecule has 1 rings (SSSR count). The zero-order chi connectivity index (χ0) is 10.6. The first-order valence-electron chi connectivity index (χ1n) is 4.71. The van der Waals surface area contributed by atoms with E-state index in [1.807, 2.05) is 6.07 Å². The fraction of sp³-hybridized carbons (Fsp3) is 0.455. The quantitative estimate of drug-likeness (QED) is 0.781. The number of nitrogens with two attached hydrogens (primary N) is 1. The van der Waals surface area contributed by atoms with E-state index in [2.05, 4.69) is 13.8 Å². The van der Waals surface area contributed by atoms with Crippen LogP contribution in [-0.2, 0) is 11.3 Å². The molecule has 0 radical (unpaired) electrons. The Hall–Kier alpha value is -0.730. The number of hydrogen-bond acceptors (Lipinski definition) is 2. The van der Waals surface area contributed by atoms with Crippen molar-refractivity contribution in [2.75, 3.05) is 12.3 Å². The van der Waals surface area contributed by atoms with Crippen LogP contribution in [0.15, 0.2) is 18.2 Å². The molecule has 1 aromatic rings. The minimum absolute atomic E-state index is 0.532. The molecule has 0 amide bonds. The maximum Gasteiger partial charge on any atom is 0.0737 e. The average Bonchev–Trinajstić information content (AvgIpc) is 2.10. The van der Waals surface area contributed by atoms with Crippen molar-refractivity contribution in [3.63, 3.8) is 0 Å². The Balaban J connectivity index is 2.53. The topological polar surface area (TPSA) is 35.2 Å². The molecule has 0 aliphatic rings. The van der Waals surface area contributed by atoms with Gasteiger partial charge in [0.25, 0.3) is 0 Å². The van der Waals surface area contributed by atoms with Crippen LogP contribution in [0.4, 0.5) is 5.69 Å². The number of nitrogen functional groups attached to an aromatic ring is 1. The van der Waals surface area contributed by atoms with Gasteiger partial charge < -0.3 is 10.5 Å². The van der Waals surface area contributed by atoms with Crippen molar-refractivity contribution < 1.29 is 4.74 Å². The van der Waals surface area contributed by atoms with Crippen molar-refractivity contribution in [2.45, 2.75) is 20.5 Å². The van der Waals surface area contributed by atoms with Crippen molar-refractivity contribution in [1.29, 1.82) is 0 Å². The highest BCUT2D eigenvalue weighted by Crippen LogP contribution is 2.18. The van der Waals surface area contributed by atoms with Crippen molar-refractivity contribution in [1.82, 2.24) is 0 Å². The molecule has 0 aliphatic heterocycles. The Morgan fingerprint density at radius 2 is 2.14 bits per heavy atom. The lowest BCUT2D eigenvalue weighted by atomic mass is 10.2. The molecule has 2 N–H and O–H groups in total. The molecule has 0 spiro atoms. The van der Waals surface area contributed by atoms with Gasteiger partial charge in [-0.2, -0.15) is 0 Å². The van der Waals surface area contributed by atoms with Gasteiger partial charge in [-0.15, -0.1) is 0 Å². The van der Waals surface area contributed by atoms with Crippen LogP contribution >= 0.6 is 11.6 Å². The van der Waals surface area contributed by atoms with Crippen LogP contribution in [0.1, 0.15) is 19.4 Å². The summed E-state index contributed by atoms with van der Waals surface area (Å²) in [5.74, 6) is 0.537. The van der Waals surface area contributed by atoms with E-state index in [1.54, 1.807) is 12.1 Å². The molecule has 3 heteroatoms. The van der Waals surface area contributed by atoms with Crippen LogP contribution in [0.25, 0.3) is 0 Å². The Morgan fingerprint density at radius 3 is 2.79 bits per heavy atom. The first kappa shape index (κ1) is 11.3. The summed E-state index contributed by atoms with van der Waals surface area (Å²) in [7, 11) is 0. The van der Waals surface area contributed by atoms with Crippen molar-refractivity contribution in [3.05, 3.63) is 28.8 Å². The van der Waals surface area contributed by atoms with Gasteiger partial charge in [0, 0.05) is 22.9 Å². The summed E-state index contributed by atoms with van der Waals surface area (Å²) in [5.41, 5.74) is 7.46. The SMILES string of the molecule is CC(C)COCc1cc(Cl)ccc1N. The Morgan fingerprint density at radius 1 is 1.43 bits per heavy atom. The third-order valence-corrected chi connectivity index (χ3v) is 2.05. The Kier molecular flexibility index (Phi) is 4.23. The molecular formula is C11H16ClNO. The van der Waals surface area contributed by atoms with Gasteiger partial charge in [-0.1, -0.05) is 25.4 Å². The molecule has 14 heavy (non-hydrogen) atoms. The summed E-state index contributed by atoms with van der Waals surface area (Å²) in [5, 5.41) is 0.697. The highest BCUT2D eigenvalue weighted by atomic mass is 35.5. The van der Waals surface area contributed by atoms with Crippen LogP contribution in [0.2, 0.25) is 5.02 Å². The maximum absolute atomic E-state index is 5.85. The second-order valence-electron chi connectivity index (χ2n) is 3.75. The Bertz CT molecular complexity index is 299. The predicted molar refractivity (Wildman–Crippen MR) is 60.4 cm³/mol. The fourth-order valence-corrected chi connectivity index (χ4v) is 1.30. The van der Waals surface area contributed by atoms with Gasteiger partial charge in [0.05, 0.1) is 6.61 Å². The summed E-state index contributed by atoms with van der Waals surface area (Å²) >= 11 is 5.85. The molecule has 78 valence electrons. The number of halogens is 1. The monoisotopic (exact) mass is 213 g/mol. The fourth-order valence-electron chi connectivity index (χ4n) is 1.10. The highest BCUT2D eigenvalue weighted by Gasteiger charge is 2.01. The maximum atomic E-state index is 5.85. The second-order valence-corrected chi connectivity index (χ2v) is 4.19. The van der Waals surface area contributed by atoms with Gasteiger partial charge in [0.2, 0.25) is 0 Å². The van der Waals surface area contributed by atoms with E-state index in [-0.39, 0.29) is 0 Å². The van der Waals surface area contributed by atoms with Crippen molar-refractivity contribution in [3.8, 4) is 0 Å². The summed E-state index contributed by atoms with van der Waals surface area (Å²) < 4.78 is 5.48. The van der Waals surface area contributed by atoms with Gasteiger partial charge in [-0.25, -0.2) is 0 Å². The van der Waals surface area contributed by atoms with Crippen LogP contribution < -0.4 is 5.73 Å². The molecule has 0 bridgehead atoms. The van der Waals surface area contributed by atoms with E-state index < -0.39 is 0 Å². The largest absolute Gasteiger partial charge is 0.398 e. The van der Waals surface area contributed by atoms with Gasteiger partial charge in [0.15, 0.2) is 0 Å². The van der Waals surface area contributed by atoms with Crippen LogP contribution in [-0.4, -0.2) is 6.61 Å². The summed E-state index contributed by atoms with van der Waals surface area (Å²) in [4.78, 5) is 0. The second kappa shape index (κ2) is 5.23. The van der Waals surface area contributed by atoms with E-state index in [9.17, 15) is 0 Å². The van der Waals surface area contributed by atoms with E-state index in [0.29, 0.717) is 17.5 Å². The molecule has 1 aromatic carbocycles. The number of rotatable bonds is 4. The van der Waals surface area contributed by atoms with Gasteiger partial charge in [-0.05, 0) is 24.1 Å². The van der Waals surface area contributed by atoms with Gasteiger partial charge in [-0.3, -0.25) is 0 Å². The molecule has 0 unspecified atom stereocenters. The molecule has 0 atom stereocenters. The standard InChI is InChI=1S/C11H16ClNO/c1-8(2)6-14-7-9-5-10(12)3-4-11(9)13/h3-5,8H,6-7,13H2,1-2H3. The van der Waals surface area contributed by atoms with Crippen molar-refractivity contribution >= 4 is 17.3 Å². The van der Waals surface area contributed by atoms with E-state index in [0.717, 1.165) is 17.9 Å². The smallest absolute Gasteiger partial charge is 0.0737 e. The van der Waals surface area contributed by atoms with Crippen molar-refractivity contribution in [2.24, 2.45) is 5.92 Å². The zero-order valence-electron chi connectivity index (χ0n) is 8.59. The third-order valence-electron chi connectivity index (χ3n) is 1.81. The molecular weight excluding hydrogens is 198 g/mol. The lowest BCUT2D eigenvalue weighted by Crippen LogP contribution is -2.03. The molecule has 0 heterocycles. The predicted octanol–water partition coefficient (Wildman–Crippen LogP) is 3.09. The summed E-state index contributed by atoms with van der Waals surface area (Å²) in [6.07, 6.45) is 0. The van der Waals surface area contributed by atoms with Crippen LogP contribution in [0.5, 0.6) is 0 Å². The van der Waals surface area contributed by atoms with Gasteiger partial charge in [0.1, 0.15) is 0 Å². The first-order chi connectivity index (χ1) is 6.59. The van der Waals surface area contributed by atoms with Crippen LogP contribution in [0.3, 0.4) is 0 Å². The van der Waals surface area contributed by atoms with Gasteiger partial charge >= 0.3 is 0 Å². The van der Waals surface area contributed by atoms with E-state index in [4.69, 9.17) is 22.1 Å². The normalized spacial score (nSPS) is 10.9. The third kappa shape index (κ3) is 3.56. The lowest BCUT2D eigenvalue weighted by Gasteiger charge is -2.09. The first-order valence-corrected chi connectivity index (χ1v) is 5.09. The number of hydrogen-bond donors (Lipinski definition) is 1. The summed E-state index contributed by atoms with van der Waals surface area (Å²) in [6, 6.07) is 5.43. The molecule has 0 aromatic heterocycles. The van der Waals surface area contributed by atoms with Crippen LogP contribution in [0, 0.1) is 5.92 Å². The minimum atomic E-state index is 0.532. The number of ether oxygens (including phenoxy) is 1. The summed E-state index contributed by atoms with van der Waals surface area (Å²) in [6.45, 7) is 5.50. The highest BCUT2D eigenvalue weighted by molar-refractivity contribution is 6.30. The molecule has 0 aliphatic carbocycles. The lowest BCUT2D eigenvalue weighted by molar-refractivity contribution is 0.0974. The molecule has 0 fully saturated rings. The average molecular weight is 214 g/mol. The zero-order valence-corrected chi connectivity index (χ0v) is 9.34.